The van der Waals surface area contributed by atoms with Gasteiger partial charge in [0.1, 0.15) is 6.61 Å². The Morgan fingerprint density at radius 1 is 1.08 bits per heavy atom. The number of ketones is 1. The lowest BCUT2D eigenvalue weighted by Gasteiger charge is -2.24. The Labute approximate surface area is 146 Å². The van der Waals surface area contributed by atoms with Crippen molar-refractivity contribution in [2.24, 2.45) is 5.92 Å². The number of rotatable bonds is 7. The van der Waals surface area contributed by atoms with Gasteiger partial charge in [-0.1, -0.05) is 67.6 Å². The van der Waals surface area contributed by atoms with Gasteiger partial charge >= 0.3 is 5.97 Å². The average molecular weight is 344 g/mol. The summed E-state index contributed by atoms with van der Waals surface area (Å²) in [5.74, 6) is -3.36. The fraction of sp³-hybridized carbons (Fsp3) is 0.300. The smallest absolute Gasteiger partial charge is 0.351 e. The van der Waals surface area contributed by atoms with Crippen LogP contribution >= 0.6 is 0 Å². The second-order valence-corrected chi connectivity index (χ2v) is 6.07. The summed E-state index contributed by atoms with van der Waals surface area (Å²) in [5.41, 5.74) is -1.66. The normalized spacial score (nSPS) is 15.7. The van der Waals surface area contributed by atoms with Gasteiger partial charge in [-0.05, 0) is 18.1 Å². The SMILES string of the molecule is CC(C(=O)[C@@](C)(F)C(=O)OCc1ccccc1)[C@H](O)c1ccccc1. The number of ether oxygens (including phenoxy) is 1. The fourth-order valence-electron chi connectivity index (χ4n) is 2.47. The number of carbonyl (C=O) groups is 2. The van der Waals surface area contributed by atoms with E-state index in [1.54, 1.807) is 60.7 Å². The van der Waals surface area contributed by atoms with Crippen molar-refractivity contribution in [3.63, 3.8) is 0 Å². The minimum absolute atomic E-state index is 0.123. The van der Waals surface area contributed by atoms with Gasteiger partial charge in [0, 0.05) is 5.92 Å². The van der Waals surface area contributed by atoms with Crippen LogP contribution in [0.15, 0.2) is 60.7 Å². The fourth-order valence-corrected chi connectivity index (χ4v) is 2.47. The third kappa shape index (κ3) is 4.51. The molecule has 2 rings (SSSR count). The minimum Gasteiger partial charge on any atom is -0.458 e. The van der Waals surface area contributed by atoms with Crippen molar-refractivity contribution in [1.82, 2.24) is 0 Å². The molecule has 0 aliphatic heterocycles. The minimum atomic E-state index is -2.83. The van der Waals surface area contributed by atoms with E-state index in [1.807, 2.05) is 0 Å². The summed E-state index contributed by atoms with van der Waals surface area (Å²) in [7, 11) is 0. The number of aliphatic hydroxyl groups is 1. The predicted molar refractivity (Wildman–Crippen MR) is 91.3 cm³/mol. The van der Waals surface area contributed by atoms with Gasteiger partial charge < -0.3 is 9.84 Å². The van der Waals surface area contributed by atoms with Crippen molar-refractivity contribution in [2.75, 3.05) is 0 Å². The molecule has 5 heteroatoms. The molecule has 0 aliphatic carbocycles. The van der Waals surface area contributed by atoms with Crippen LogP contribution in [0.4, 0.5) is 4.39 Å². The highest BCUT2D eigenvalue weighted by Gasteiger charge is 2.46. The van der Waals surface area contributed by atoms with Crippen LogP contribution in [0.25, 0.3) is 0 Å². The molecule has 0 bridgehead atoms. The molecule has 2 aromatic carbocycles. The zero-order valence-corrected chi connectivity index (χ0v) is 14.2. The third-order valence-corrected chi connectivity index (χ3v) is 4.09. The summed E-state index contributed by atoms with van der Waals surface area (Å²) in [5, 5.41) is 10.3. The molecule has 4 nitrogen and oxygen atoms in total. The largest absolute Gasteiger partial charge is 0.458 e. The summed E-state index contributed by atoms with van der Waals surface area (Å²) >= 11 is 0. The van der Waals surface area contributed by atoms with Gasteiger partial charge in [0.2, 0.25) is 0 Å². The van der Waals surface area contributed by atoms with Crippen LogP contribution in [0, 0.1) is 5.92 Å². The van der Waals surface area contributed by atoms with E-state index in [1.165, 1.54) is 6.92 Å². The first-order valence-electron chi connectivity index (χ1n) is 8.01. The zero-order chi connectivity index (χ0) is 18.4. The molecular weight excluding hydrogens is 323 g/mol. The van der Waals surface area contributed by atoms with Gasteiger partial charge in [-0.15, -0.1) is 0 Å². The van der Waals surface area contributed by atoms with Crippen LogP contribution in [0.5, 0.6) is 0 Å². The highest BCUT2D eigenvalue weighted by Crippen LogP contribution is 2.28. The molecule has 0 aliphatic rings. The second-order valence-electron chi connectivity index (χ2n) is 6.07. The Hall–Kier alpha value is -2.53. The predicted octanol–water partition coefficient (Wildman–Crippen LogP) is 3.40. The van der Waals surface area contributed by atoms with Crippen LogP contribution in [-0.2, 0) is 20.9 Å². The van der Waals surface area contributed by atoms with Crippen molar-refractivity contribution < 1.29 is 23.8 Å². The first-order chi connectivity index (χ1) is 11.8. The van der Waals surface area contributed by atoms with Gasteiger partial charge in [-0.25, -0.2) is 9.18 Å². The summed E-state index contributed by atoms with van der Waals surface area (Å²) in [6.45, 7) is 2.14. The first kappa shape index (κ1) is 18.8. The zero-order valence-electron chi connectivity index (χ0n) is 14.2. The quantitative estimate of drug-likeness (QED) is 0.618. The van der Waals surface area contributed by atoms with Gasteiger partial charge in [-0.3, -0.25) is 4.79 Å². The molecule has 0 heterocycles. The number of benzene rings is 2. The topological polar surface area (TPSA) is 63.6 Å². The molecule has 1 N–H and O–H groups in total. The number of halogens is 1. The molecule has 0 amide bonds. The summed E-state index contributed by atoms with van der Waals surface area (Å²) < 4.78 is 19.7. The van der Waals surface area contributed by atoms with Gasteiger partial charge in [-0.2, -0.15) is 0 Å². The molecule has 2 aromatic rings. The maximum absolute atomic E-state index is 14.8. The van der Waals surface area contributed by atoms with Crippen LogP contribution < -0.4 is 0 Å². The Morgan fingerprint density at radius 3 is 2.16 bits per heavy atom. The number of hydrogen-bond donors (Lipinski definition) is 1. The van der Waals surface area contributed by atoms with E-state index in [2.05, 4.69) is 0 Å². The molecular formula is C20H21FO4. The van der Waals surface area contributed by atoms with Crippen molar-refractivity contribution in [3.8, 4) is 0 Å². The molecule has 132 valence electrons. The van der Waals surface area contributed by atoms with Gasteiger partial charge in [0.15, 0.2) is 5.78 Å². The van der Waals surface area contributed by atoms with Crippen molar-refractivity contribution in [1.29, 1.82) is 0 Å². The van der Waals surface area contributed by atoms with Gasteiger partial charge in [0.05, 0.1) is 6.10 Å². The van der Waals surface area contributed by atoms with E-state index in [4.69, 9.17) is 4.74 Å². The Balaban J connectivity index is 2.03. The number of alkyl halides is 1. The molecule has 0 fully saturated rings. The van der Waals surface area contributed by atoms with Crippen LogP contribution in [-0.4, -0.2) is 22.5 Å². The van der Waals surface area contributed by atoms with Crippen molar-refractivity contribution >= 4 is 11.8 Å². The monoisotopic (exact) mass is 344 g/mol. The maximum atomic E-state index is 14.8. The van der Waals surface area contributed by atoms with Crippen LogP contribution in [0.1, 0.15) is 31.1 Å². The molecule has 25 heavy (non-hydrogen) atoms. The van der Waals surface area contributed by atoms with E-state index in [9.17, 15) is 19.1 Å². The summed E-state index contributed by atoms with van der Waals surface area (Å²) in [4.78, 5) is 24.4. The molecule has 1 unspecified atom stereocenters. The Bertz CT molecular complexity index is 713. The van der Waals surface area contributed by atoms with E-state index in [0.717, 1.165) is 6.92 Å². The third-order valence-electron chi connectivity index (χ3n) is 4.09. The number of carbonyl (C=O) groups excluding carboxylic acids is 2. The molecule has 0 aromatic heterocycles. The number of esters is 1. The molecule has 0 radical (unpaired) electrons. The summed E-state index contributed by atoms with van der Waals surface area (Å²) in [6, 6.07) is 17.2. The Kier molecular flexibility index (Phi) is 6.04. The summed E-state index contributed by atoms with van der Waals surface area (Å²) in [6.07, 6.45) is -1.20. The standard InChI is InChI=1S/C20H21FO4/c1-14(17(22)16-11-7-4-8-12-16)18(23)20(2,21)19(24)25-13-15-9-5-3-6-10-15/h3-12,14,17,22H,13H2,1-2H3/t14?,17-,20+/m0/s1. The van der Waals surface area contributed by atoms with E-state index >= 15 is 0 Å². The average Bonchev–Trinajstić information content (AvgIpc) is 2.65. The van der Waals surface area contributed by atoms with Crippen LogP contribution in [0.2, 0.25) is 0 Å². The van der Waals surface area contributed by atoms with Crippen molar-refractivity contribution in [3.05, 3.63) is 71.8 Å². The maximum Gasteiger partial charge on any atom is 0.351 e. The lowest BCUT2D eigenvalue weighted by atomic mass is 9.86. The number of aliphatic hydroxyl groups excluding tert-OH is 1. The lowest BCUT2D eigenvalue weighted by molar-refractivity contribution is -0.164. The Morgan fingerprint density at radius 2 is 1.60 bits per heavy atom. The lowest BCUT2D eigenvalue weighted by Crippen LogP contribution is -2.45. The van der Waals surface area contributed by atoms with Crippen molar-refractivity contribution in [2.45, 2.75) is 32.2 Å². The number of Topliss-reactive ketones (excluding diaryl/α,β-unsaturated/α-hetero) is 1. The van der Waals surface area contributed by atoms with E-state index in [-0.39, 0.29) is 6.61 Å². The molecule has 0 saturated carbocycles. The van der Waals surface area contributed by atoms with Gasteiger partial charge in [0.25, 0.3) is 5.67 Å². The molecule has 3 atom stereocenters. The highest BCUT2D eigenvalue weighted by molar-refractivity contribution is 6.07. The second kappa shape index (κ2) is 8.03. The van der Waals surface area contributed by atoms with E-state index in [0.29, 0.717) is 11.1 Å². The highest BCUT2D eigenvalue weighted by atomic mass is 19.1. The first-order valence-corrected chi connectivity index (χ1v) is 8.01. The van der Waals surface area contributed by atoms with Crippen LogP contribution in [0.3, 0.4) is 0 Å². The molecule has 0 saturated heterocycles. The molecule has 0 spiro atoms. The number of hydrogen-bond acceptors (Lipinski definition) is 4. The van der Waals surface area contributed by atoms with E-state index < -0.39 is 29.4 Å².